The number of rotatable bonds is 5. The predicted molar refractivity (Wildman–Crippen MR) is 109 cm³/mol. The van der Waals surface area contributed by atoms with Gasteiger partial charge in [0.15, 0.2) is 0 Å². The average molecular weight is 391 g/mol. The number of nitrogens with one attached hydrogen (secondary N) is 1. The number of amides is 1. The fourth-order valence-corrected chi connectivity index (χ4v) is 3.52. The molecule has 5 nitrogen and oxygen atoms in total. The molecule has 4 aromatic rings. The van der Waals surface area contributed by atoms with Crippen LogP contribution >= 0.6 is 0 Å². The van der Waals surface area contributed by atoms with Gasteiger partial charge in [-0.1, -0.05) is 24.3 Å². The van der Waals surface area contributed by atoms with Gasteiger partial charge in [0.05, 0.1) is 12.7 Å². The Morgan fingerprint density at radius 1 is 1.21 bits per heavy atom. The fourth-order valence-electron chi connectivity index (χ4n) is 3.52. The molecule has 0 aliphatic carbocycles. The van der Waals surface area contributed by atoms with Gasteiger partial charge in [-0.2, -0.15) is 0 Å². The maximum Gasteiger partial charge on any atom is 0.225 e. The monoisotopic (exact) mass is 391 g/mol. The second-order valence-electron chi connectivity index (χ2n) is 7.27. The maximum absolute atomic E-state index is 13.4. The Morgan fingerprint density at radius 2 is 1.97 bits per heavy atom. The van der Waals surface area contributed by atoms with Crippen LogP contribution in [0, 0.1) is 19.7 Å². The highest BCUT2D eigenvalue weighted by Crippen LogP contribution is 2.27. The molecule has 6 heteroatoms. The highest BCUT2D eigenvalue weighted by atomic mass is 19.1. The van der Waals surface area contributed by atoms with Crippen LogP contribution in [0.25, 0.3) is 11.0 Å². The lowest BCUT2D eigenvalue weighted by molar-refractivity contribution is -0.121. The topological polar surface area (TPSA) is 60.1 Å². The smallest absolute Gasteiger partial charge is 0.225 e. The fraction of sp³-hybridized carbons (Fsp3) is 0.217. The van der Waals surface area contributed by atoms with E-state index >= 15 is 0 Å². The minimum absolute atomic E-state index is 0.164. The van der Waals surface area contributed by atoms with Gasteiger partial charge in [0.25, 0.3) is 0 Å². The van der Waals surface area contributed by atoms with Crippen molar-refractivity contribution in [2.45, 2.75) is 26.3 Å². The molecule has 0 unspecified atom stereocenters. The van der Waals surface area contributed by atoms with Crippen molar-refractivity contribution >= 4 is 16.9 Å². The van der Waals surface area contributed by atoms with E-state index in [4.69, 9.17) is 4.42 Å². The van der Waals surface area contributed by atoms with Crippen LogP contribution in [0.2, 0.25) is 0 Å². The van der Waals surface area contributed by atoms with Crippen molar-refractivity contribution < 1.29 is 13.6 Å². The van der Waals surface area contributed by atoms with Gasteiger partial charge in [0.1, 0.15) is 23.3 Å². The Hall–Kier alpha value is -3.41. The minimum Gasteiger partial charge on any atom is -0.464 e. The summed E-state index contributed by atoms with van der Waals surface area (Å²) < 4.78 is 20.9. The molecule has 0 bridgehead atoms. The zero-order valence-electron chi connectivity index (χ0n) is 16.6. The van der Waals surface area contributed by atoms with Crippen molar-refractivity contribution in [3.63, 3.8) is 0 Å². The number of furan rings is 1. The van der Waals surface area contributed by atoms with Gasteiger partial charge in [-0.05, 0) is 42.7 Å². The highest BCUT2D eigenvalue weighted by molar-refractivity contribution is 5.89. The van der Waals surface area contributed by atoms with E-state index < -0.39 is 6.04 Å². The van der Waals surface area contributed by atoms with Crippen LogP contribution in [0.3, 0.4) is 0 Å². The summed E-state index contributed by atoms with van der Waals surface area (Å²) in [5, 5.41) is 3.98. The Balaban J connectivity index is 1.61. The first kappa shape index (κ1) is 18.9. The minimum atomic E-state index is -0.481. The second kappa shape index (κ2) is 7.54. The molecule has 2 heterocycles. The number of aryl methyl sites for hydroxylation is 3. The Bertz CT molecular complexity index is 1170. The summed E-state index contributed by atoms with van der Waals surface area (Å²) in [7, 11) is 1.86. The molecule has 2 aromatic heterocycles. The lowest BCUT2D eigenvalue weighted by atomic mass is 10.0. The molecule has 4 rings (SSSR count). The van der Waals surface area contributed by atoms with Crippen LogP contribution in [0.15, 0.2) is 59.5 Å². The summed E-state index contributed by atoms with van der Waals surface area (Å²) in [4.78, 5) is 17.3. The van der Waals surface area contributed by atoms with Gasteiger partial charge < -0.3 is 14.3 Å². The first-order valence-corrected chi connectivity index (χ1v) is 9.42. The van der Waals surface area contributed by atoms with E-state index in [1.54, 1.807) is 24.6 Å². The number of fused-ring (bicyclic) bond motifs is 1. The van der Waals surface area contributed by atoms with Crippen molar-refractivity contribution in [3.05, 3.63) is 89.0 Å². The summed E-state index contributed by atoms with van der Waals surface area (Å²) in [6, 6.07) is 9.62. The summed E-state index contributed by atoms with van der Waals surface area (Å²) in [6.45, 7) is 4.04. The number of aromatic nitrogens is 2. The van der Waals surface area contributed by atoms with Gasteiger partial charge in [-0.25, -0.2) is 9.37 Å². The number of hydrogen-bond donors (Lipinski definition) is 1. The van der Waals surface area contributed by atoms with Gasteiger partial charge in [-0.15, -0.1) is 0 Å². The van der Waals surface area contributed by atoms with Crippen LogP contribution in [-0.4, -0.2) is 15.5 Å². The first-order chi connectivity index (χ1) is 13.9. The van der Waals surface area contributed by atoms with Gasteiger partial charge in [-0.3, -0.25) is 4.79 Å². The number of nitrogens with zero attached hydrogens (tertiary/aromatic N) is 2. The van der Waals surface area contributed by atoms with Crippen LogP contribution in [0.1, 0.15) is 34.1 Å². The molecule has 0 fully saturated rings. The van der Waals surface area contributed by atoms with E-state index in [9.17, 15) is 9.18 Å². The molecule has 29 heavy (non-hydrogen) atoms. The molecule has 0 aliphatic rings. The largest absolute Gasteiger partial charge is 0.464 e. The molecular weight excluding hydrogens is 369 g/mol. The van der Waals surface area contributed by atoms with Crippen LogP contribution < -0.4 is 5.32 Å². The first-order valence-electron chi connectivity index (χ1n) is 9.42. The van der Waals surface area contributed by atoms with Crippen molar-refractivity contribution in [2.75, 3.05) is 0 Å². The second-order valence-corrected chi connectivity index (χ2v) is 7.27. The summed E-state index contributed by atoms with van der Waals surface area (Å²) in [5.41, 5.74) is 4.63. The van der Waals surface area contributed by atoms with Crippen molar-refractivity contribution in [1.29, 1.82) is 0 Å². The van der Waals surface area contributed by atoms with Crippen molar-refractivity contribution in [2.24, 2.45) is 7.05 Å². The molecule has 0 aliphatic heterocycles. The molecule has 2 aromatic carbocycles. The zero-order chi connectivity index (χ0) is 20.5. The van der Waals surface area contributed by atoms with Crippen LogP contribution in [0.4, 0.5) is 4.39 Å². The Morgan fingerprint density at radius 3 is 2.66 bits per heavy atom. The molecule has 0 saturated carbocycles. The number of benzene rings is 2. The third-order valence-corrected chi connectivity index (χ3v) is 5.32. The van der Waals surface area contributed by atoms with Gasteiger partial charge >= 0.3 is 0 Å². The molecule has 0 saturated heterocycles. The third kappa shape index (κ3) is 3.66. The quantitative estimate of drug-likeness (QED) is 0.550. The number of hydrogen-bond acceptors (Lipinski definition) is 3. The van der Waals surface area contributed by atoms with Crippen molar-refractivity contribution in [1.82, 2.24) is 14.9 Å². The summed E-state index contributed by atoms with van der Waals surface area (Å²) >= 11 is 0. The standard InChI is InChI=1S/C23H22FN3O2/c1-14-4-9-19-17(13-29-22(19)15(14)2)12-20(28)26-21(23-25-10-11-27(23)3)16-5-7-18(24)8-6-16/h4-11,13,21H,12H2,1-3H3,(H,26,28)/t21-/m0/s1. The van der Waals surface area contributed by atoms with E-state index in [2.05, 4.69) is 10.3 Å². The lowest BCUT2D eigenvalue weighted by Crippen LogP contribution is -2.32. The zero-order valence-corrected chi connectivity index (χ0v) is 16.6. The predicted octanol–water partition coefficient (Wildman–Crippen LogP) is 4.37. The van der Waals surface area contributed by atoms with Crippen molar-refractivity contribution in [3.8, 4) is 0 Å². The number of halogens is 1. The normalized spacial score (nSPS) is 12.3. The maximum atomic E-state index is 13.4. The lowest BCUT2D eigenvalue weighted by Gasteiger charge is -2.19. The Kier molecular flexibility index (Phi) is 4.92. The molecular formula is C23H22FN3O2. The van der Waals surface area contributed by atoms with Crippen LogP contribution in [-0.2, 0) is 18.3 Å². The van der Waals surface area contributed by atoms with E-state index in [-0.39, 0.29) is 18.1 Å². The number of carbonyl (C=O) groups excluding carboxylic acids is 1. The van der Waals surface area contributed by atoms with E-state index in [1.807, 2.05) is 43.8 Å². The summed E-state index contributed by atoms with van der Waals surface area (Å²) in [6.07, 6.45) is 5.31. The Labute approximate surface area is 168 Å². The van der Waals surface area contributed by atoms with Gasteiger partial charge in [0, 0.05) is 30.4 Å². The summed E-state index contributed by atoms with van der Waals surface area (Å²) in [5.74, 6) is 0.186. The molecule has 1 amide bonds. The molecule has 1 N–H and O–H groups in total. The van der Waals surface area contributed by atoms with E-state index in [1.165, 1.54) is 12.1 Å². The SMILES string of the molecule is Cc1ccc2c(CC(=O)N[C@@H](c3ccc(F)cc3)c3nccn3C)coc2c1C. The molecule has 148 valence electrons. The number of carbonyl (C=O) groups is 1. The molecule has 0 radical (unpaired) electrons. The van der Waals surface area contributed by atoms with E-state index in [0.717, 1.165) is 33.2 Å². The van der Waals surface area contributed by atoms with Crippen LogP contribution in [0.5, 0.6) is 0 Å². The number of imidazole rings is 1. The molecule has 1 atom stereocenters. The molecule has 0 spiro atoms. The average Bonchev–Trinajstić information content (AvgIpc) is 3.30. The third-order valence-electron chi connectivity index (χ3n) is 5.32. The van der Waals surface area contributed by atoms with E-state index in [0.29, 0.717) is 5.82 Å². The van der Waals surface area contributed by atoms with Gasteiger partial charge in [0.2, 0.25) is 5.91 Å². The highest BCUT2D eigenvalue weighted by Gasteiger charge is 2.22.